The van der Waals surface area contributed by atoms with Crippen LogP contribution in [0.2, 0.25) is 10.2 Å². The first-order chi connectivity index (χ1) is 20.7. The average molecular weight is 620 g/mol. The Morgan fingerprint density at radius 1 is 1.09 bits per heavy atom. The van der Waals surface area contributed by atoms with Crippen LogP contribution >= 0.6 is 23.2 Å². The second-order valence-electron chi connectivity index (χ2n) is 11.4. The number of benzene rings is 1. The van der Waals surface area contributed by atoms with Crippen LogP contribution < -0.4 is 5.32 Å². The lowest BCUT2D eigenvalue weighted by molar-refractivity contribution is -0.129. The van der Waals surface area contributed by atoms with Crippen molar-refractivity contribution in [1.82, 2.24) is 34.7 Å². The molecule has 10 nitrogen and oxygen atoms in total. The van der Waals surface area contributed by atoms with Gasteiger partial charge in [-0.3, -0.25) is 19.3 Å². The summed E-state index contributed by atoms with van der Waals surface area (Å²) in [7, 11) is 1.85. The number of halogens is 2. The van der Waals surface area contributed by atoms with Crippen LogP contribution in [-0.4, -0.2) is 53.0 Å². The quantitative estimate of drug-likeness (QED) is 0.295. The van der Waals surface area contributed by atoms with Gasteiger partial charge in [0, 0.05) is 47.9 Å². The molecular formula is C31H32Cl2N8O2. The number of amides is 2. The molecule has 0 aliphatic carbocycles. The molecule has 0 saturated heterocycles. The second-order valence-corrected chi connectivity index (χ2v) is 12.2. The first kappa shape index (κ1) is 29.1. The van der Waals surface area contributed by atoms with Gasteiger partial charge in [0.2, 0.25) is 11.8 Å². The van der Waals surface area contributed by atoms with Gasteiger partial charge in [-0.2, -0.15) is 5.10 Å². The van der Waals surface area contributed by atoms with Gasteiger partial charge in [0.25, 0.3) is 0 Å². The first-order valence-electron chi connectivity index (χ1n) is 14.4. The monoisotopic (exact) mass is 618 g/mol. The molecule has 5 heterocycles. The topological polar surface area (TPSA) is 111 Å². The summed E-state index contributed by atoms with van der Waals surface area (Å²) in [6.07, 6.45) is 9.50. The van der Waals surface area contributed by atoms with E-state index < -0.39 is 0 Å². The van der Waals surface area contributed by atoms with Crippen LogP contribution in [-0.2, 0) is 16.6 Å². The molecule has 2 bridgehead atoms. The van der Waals surface area contributed by atoms with Crippen molar-refractivity contribution in [2.75, 3.05) is 11.9 Å². The lowest BCUT2D eigenvalue weighted by atomic mass is 9.87. The largest absolute Gasteiger partial charge is 0.330 e. The maximum absolute atomic E-state index is 13.9. The van der Waals surface area contributed by atoms with E-state index in [9.17, 15) is 9.59 Å². The highest BCUT2D eigenvalue weighted by molar-refractivity contribution is 6.31. The van der Waals surface area contributed by atoms with Crippen molar-refractivity contribution in [3.8, 4) is 16.9 Å². The normalized spacial score (nSPS) is 19.4. The number of fused-ring (bicyclic) bond motifs is 4. The predicted molar refractivity (Wildman–Crippen MR) is 166 cm³/mol. The molecule has 2 aliphatic heterocycles. The van der Waals surface area contributed by atoms with Crippen molar-refractivity contribution < 1.29 is 9.59 Å². The Morgan fingerprint density at radius 2 is 1.93 bits per heavy atom. The average Bonchev–Trinajstić information content (AvgIpc) is 3.57. The van der Waals surface area contributed by atoms with E-state index in [0.29, 0.717) is 36.5 Å². The fourth-order valence-electron chi connectivity index (χ4n) is 6.14. The van der Waals surface area contributed by atoms with Gasteiger partial charge in [0.1, 0.15) is 0 Å². The number of hydrogen-bond donors (Lipinski definition) is 1. The molecular weight excluding hydrogens is 587 g/mol. The lowest BCUT2D eigenvalue weighted by Crippen LogP contribution is -2.38. The van der Waals surface area contributed by atoms with Gasteiger partial charge in [0.05, 0.1) is 41.2 Å². The standard InChI is InChI=1S/C31H32Cl2N8O2/c1-18(2)22-5-4-6-27(24-13-20(9-11-34-24)30-25(36-31(22)43)16-35-39(30)3)40-12-10-19(14-29(40)42)23-15-21(32)7-8-26(23)41-17-28(33)37-38-41/h7-9,11,13-18,22,27H,4-6,10,12H2,1-3H3,(H,36,43)/t22?,27-/m0/s1. The molecule has 12 heteroatoms. The number of aromatic nitrogens is 6. The van der Waals surface area contributed by atoms with Crippen molar-refractivity contribution >= 4 is 46.3 Å². The number of anilines is 1. The Labute approximate surface area is 259 Å². The Hall–Kier alpha value is -4.02. The molecule has 2 amide bonds. The van der Waals surface area contributed by atoms with Crippen LogP contribution in [0, 0.1) is 11.8 Å². The summed E-state index contributed by atoms with van der Waals surface area (Å²) in [5.41, 5.74) is 5.55. The molecule has 6 rings (SSSR count). The molecule has 0 fully saturated rings. The predicted octanol–water partition coefficient (Wildman–Crippen LogP) is 6.12. The molecule has 3 aromatic heterocycles. The fraction of sp³-hybridized carbons (Fsp3) is 0.355. The smallest absolute Gasteiger partial charge is 0.247 e. The summed E-state index contributed by atoms with van der Waals surface area (Å²) in [5, 5.41) is 16.4. The van der Waals surface area contributed by atoms with Crippen molar-refractivity contribution in [3.63, 3.8) is 0 Å². The van der Waals surface area contributed by atoms with Gasteiger partial charge in [-0.05, 0) is 61.1 Å². The minimum absolute atomic E-state index is 0.0109. The van der Waals surface area contributed by atoms with Crippen molar-refractivity contribution in [1.29, 1.82) is 0 Å². The van der Waals surface area contributed by atoms with Crippen molar-refractivity contribution in [2.45, 2.75) is 45.6 Å². The summed E-state index contributed by atoms with van der Waals surface area (Å²) in [4.78, 5) is 33.9. The van der Waals surface area contributed by atoms with Crippen LogP contribution in [0.3, 0.4) is 0 Å². The van der Waals surface area contributed by atoms with Gasteiger partial charge >= 0.3 is 0 Å². The molecule has 0 saturated carbocycles. The number of carbonyl (C=O) groups is 2. The summed E-state index contributed by atoms with van der Waals surface area (Å²) in [5.74, 6) is -0.128. The Balaban J connectivity index is 1.37. The molecule has 43 heavy (non-hydrogen) atoms. The van der Waals surface area contributed by atoms with Crippen LogP contribution in [0.25, 0.3) is 22.5 Å². The van der Waals surface area contributed by atoms with Gasteiger partial charge in [-0.1, -0.05) is 48.7 Å². The van der Waals surface area contributed by atoms with E-state index in [2.05, 4.69) is 34.6 Å². The number of nitrogens with one attached hydrogen (secondary N) is 1. The minimum Gasteiger partial charge on any atom is -0.330 e. The zero-order valence-corrected chi connectivity index (χ0v) is 25.7. The minimum atomic E-state index is -0.259. The zero-order valence-electron chi connectivity index (χ0n) is 24.2. The molecule has 2 aliphatic rings. The molecule has 0 spiro atoms. The number of rotatable bonds is 4. The summed E-state index contributed by atoms with van der Waals surface area (Å²) in [6.45, 7) is 4.63. The van der Waals surface area contributed by atoms with E-state index in [-0.39, 0.29) is 34.8 Å². The van der Waals surface area contributed by atoms with Crippen LogP contribution in [0.15, 0.2) is 55.0 Å². The van der Waals surface area contributed by atoms with Gasteiger partial charge in [-0.15, -0.1) is 5.10 Å². The summed E-state index contributed by atoms with van der Waals surface area (Å²) < 4.78 is 3.34. The van der Waals surface area contributed by atoms with E-state index in [1.807, 2.05) is 36.2 Å². The number of nitrogens with zero attached hydrogens (tertiary/aromatic N) is 7. The molecule has 222 valence electrons. The second kappa shape index (κ2) is 11.9. The van der Waals surface area contributed by atoms with Crippen LogP contribution in [0.5, 0.6) is 0 Å². The zero-order chi connectivity index (χ0) is 30.2. The molecule has 1 aromatic carbocycles. The third-order valence-electron chi connectivity index (χ3n) is 8.32. The number of aryl methyl sites for hydroxylation is 1. The number of pyridine rings is 1. The summed E-state index contributed by atoms with van der Waals surface area (Å²) >= 11 is 12.4. The van der Waals surface area contributed by atoms with E-state index in [1.165, 1.54) is 0 Å². The Kier molecular flexibility index (Phi) is 8.07. The van der Waals surface area contributed by atoms with Crippen molar-refractivity contribution in [3.05, 3.63) is 76.4 Å². The fourth-order valence-corrected chi connectivity index (χ4v) is 6.44. The number of hydrogen-bond acceptors (Lipinski definition) is 6. The molecule has 1 unspecified atom stereocenters. The SMILES string of the molecule is CC(C)C1CCC[C@H](N2CCC(c3cc(Cl)ccc3-n3cc(Cl)nn3)=CC2=O)c2cc(ccn2)-c2c(cnn2C)NC1=O. The molecule has 2 atom stereocenters. The molecule has 1 N–H and O–H groups in total. The number of carbonyl (C=O) groups excluding carboxylic acids is 2. The molecule has 4 aromatic rings. The van der Waals surface area contributed by atoms with Gasteiger partial charge in [0.15, 0.2) is 5.15 Å². The highest BCUT2D eigenvalue weighted by Crippen LogP contribution is 2.37. The lowest BCUT2D eigenvalue weighted by Gasteiger charge is -2.35. The van der Waals surface area contributed by atoms with E-state index in [4.69, 9.17) is 28.2 Å². The molecule has 0 radical (unpaired) electrons. The Bertz CT molecular complexity index is 1730. The van der Waals surface area contributed by atoms with Crippen LogP contribution in [0.1, 0.15) is 56.8 Å². The maximum atomic E-state index is 13.9. The maximum Gasteiger partial charge on any atom is 0.247 e. The van der Waals surface area contributed by atoms with E-state index >= 15 is 0 Å². The third-order valence-corrected chi connectivity index (χ3v) is 8.73. The first-order valence-corrected chi connectivity index (χ1v) is 15.1. The highest BCUT2D eigenvalue weighted by Gasteiger charge is 2.32. The van der Waals surface area contributed by atoms with Crippen molar-refractivity contribution in [2.24, 2.45) is 18.9 Å². The van der Waals surface area contributed by atoms with E-state index in [0.717, 1.165) is 40.2 Å². The van der Waals surface area contributed by atoms with E-state index in [1.54, 1.807) is 40.1 Å². The third kappa shape index (κ3) is 5.81. The van der Waals surface area contributed by atoms with Gasteiger partial charge < -0.3 is 10.2 Å². The van der Waals surface area contributed by atoms with Crippen LogP contribution in [0.4, 0.5) is 5.69 Å². The Morgan fingerprint density at radius 3 is 2.67 bits per heavy atom. The summed E-state index contributed by atoms with van der Waals surface area (Å²) in [6, 6.07) is 9.11. The van der Waals surface area contributed by atoms with Gasteiger partial charge in [-0.25, -0.2) is 4.68 Å². The highest BCUT2D eigenvalue weighted by atomic mass is 35.5.